The van der Waals surface area contributed by atoms with Crippen LogP contribution in [-0.4, -0.2) is 23.1 Å². The highest BCUT2D eigenvalue weighted by Gasteiger charge is 2.18. The Hall–Kier alpha value is -2.89. The summed E-state index contributed by atoms with van der Waals surface area (Å²) < 4.78 is 18.5. The van der Waals surface area contributed by atoms with E-state index in [1.165, 1.54) is 24.3 Å². The zero-order valence-electron chi connectivity index (χ0n) is 14.7. The maximum Gasteiger partial charge on any atom is 0.305 e. The fraction of sp³-hybridized carbons (Fsp3) is 0.300. The molecule has 0 heterocycles. The molecule has 26 heavy (non-hydrogen) atoms. The number of rotatable bonds is 8. The Bertz CT molecular complexity index is 741. The van der Waals surface area contributed by atoms with Gasteiger partial charge in [-0.3, -0.25) is 9.59 Å². The molecule has 0 aromatic heterocycles. The van der Waals surface area contributed by atoms with Crippen LogP contribution in [0, 0.1) is 5.82 Å². The van der Waals surface area contributed by atoms with Gasteiger partial charge in [-0.15, -0.1) is 0 Å². The molecule has 0 saturated carbocycles. The summed E-state index contributed by atoms with van der Waals surface area (Å²) >= 11 is 0. The van der Waals surface area contributed by atoms with Crippen LogP contribution < -0.4 is 10.1 Å². The van der Waals surface area contributed by atoms with E-state index in [0.29, 0.717) is 16.9 Å². The Morgan fingerprint density at radius 1 is 1.08 bits per heavy atom. The molecule has 0 aliphatic heterocycles. The molecular weight excluding hydrogens is 337 g/mol. The minimum atomic E-state index is -1.01. The van der Waals surface area contributed by atoms with E-state index in [1.807, 2.05) is 13.8 Å². The van der Waals surface area contributed by atoms with Gasteiger partial charge in [0.25, 0.3) is 0 Å². The van der Waals surface area contributed by atoms with Crippen molar-refractivity contribution in [3.63, 3.8) is 0 Å². The predicted molar refractivity (Wildman–Crippen MR) is 95.4 cm³/mol. The maximum absolute atomic E-state index is 12.9. The van der Waals surface area contributed by atoms with Gasteiger partial charge in [-0.1, -0.05) is 24.3 Å². The Labute approximate surface area is 151 Å². The van der Waals surface area contributed by atoms with Crippen LogP contribution in [0.5, 0.6) is 5.75 Å². The van der Waals surface area contributed by atoms with Gasteiger partial charge >= 0.3 is 5.97 Å². The molecule has 0 fully saturated rings. The largest absolute Gasteiger partial charge is 0.491 e. The normalized spacial score (nSPS) is 11.8. The van der Waals surface area contributed by atoms with E-state index < -0.39 is 12.0 Å². The first-order valence-electron chi connectivity index (χ1n) is 8.35. The molecule has 0 spiro atoms. The fourth-order valence-electron chi connectivity index (χ4n) is 2.51. The van der Waals surface area contributed by atoms with Crippen molar-refractivity contribution < 1.29 is 23.8 Å². The lowest BCUT2D eigenvalue weighted by Gasteiger charge is -2.18. The van der Waals surface area contributed by atoms with Crippen molar-refractivity contribution in [2.24, 2.45) is 0 Å². The second-order valence-corrected chi connectivity index (χ2v) is 6.26. The van der Waals surface area contributed by atoms with Gasteiger partial charge in [0.2, 0.25) is 5.91 Å². The monoisotopic (exact) mass is 359 g/mol. The highest BCUT2D eigenvalue weighted by atomic mass is 19.1. The average Bonchev–Trinajstić information content (AvgIpc) is 2.56. The van der Waals surface area contributed by atoms with Crippen molar-refractivity contribution in [2.75, 3.05) is 0 Å². The number of carbonyl (C=O) groups excluding carboxylic acids is 1. The quantitative estimate of drug-likeness (QED) is 0.757. The van der Waals surface area contributed by atoms with Crippen molar-refractivity contribution in [3.8, 4) is 5.75 Å². The minimum absolute atomic E-state index is 0.0334. The summed E-state index contributed by atoms with van der Waals surface area (Å²) in [5, 5.41) is 11.9. The van der Waals surface area contributed by atoms with Crippen LogP contribution >= 0.6 is 0 Å². The number of ether oxygens (including phenoxy) is 1. The molecule has 2 rings (SSSR count). The second-order valence-electron chi connectivity index (χ2n) is 6.26. The third-order valence-corrected chi connectivity index (χ3v) is 3.65. The van der Waals surface area contributed by atoms with E-state index >= 15 is 0 Å². The molecule has 2 aromatic carbocycles. The van der Waals surface area contributed by atoms with Crippen molar-refractivity contribution in [1.82, 2.24) is 5.32 Å². The lowest BCUT2D eigenvalue weighted by atomic mass is 10.0. The third-order valence-electron chi connectivity index (χ3n) is 3.65. The van der Waals surface area contributed by atoms with Gasteiger partial charge < -0.3 is 15.2 Å². The Morgan fingerprint density at radius 2 is 1.69 bits per heavy atom. The Balaban J connectivity index is 2.07. The minimum Gasteiger partial charge on any atom is -0.491 e. The molecule has 138 valence electrons. The molecule has 6 heteroatoms. The molecule has 0 aliphatic carbocycles. The van der Waals surface area contributed by atoms with Gasteiger partial charge in [0.15, 0.2) is 0 Å². The maximum atomic E-state index is 12.9. The number of carbonyl (C=O) groups is 2. The molecule has 5 nitrogen and oxygen atoms in total. The van der Waals surface area contributed by atoms with E-state index in [2.05, 4.69) is 5.32 Å². The topological polar surface area (TPSA) is 75.6 Å². The summed E-state index contributed by atoms with van der Waals surface area (Å²) in [5.74, 6) is -1.04. The number of amides is 1. The first-order chi connectivity index (χ1) is 12.3. The number of hydrogen-bond acceptors (Lipinski definition) is 3. The lowest BCUT2D eigenvalue weighted by molar-refractivity contribution is -0.137. The van der Waals surface area contributed by atoms with Gasteiger partial charge in [0, 0.05) is 0 Å². The number of halogens is 1. The van der Waals surface area contributed by atoms with Gasteiger partial charge in [-0.05, 0) is 49.2 Å². The number of benzene rings is 2. The lowest BCUT2D eigenvalue weighted by Crippen LogP contribution is -2.31. The molecule has 2 aromatic rings. The summed E-state index contributed by atoms with van der Waals surface area (Å²) in [7, 11) is 0. The van der Waals surface area contributed by atoms with Crippen LogP contribution in [0.1, 0.15) is 37.4 Å². The van der Waals surface area contributed by atoms with Crippen LogP contribution in [0.25, 0.3) is 0 Å². The molecule has 1 amide bonds. The van der Waals surface area contributed by atoms with Crippen molar-refractivity contribution in [3.05, 3.63) is 65.5 Å². The first-order valence-corrected chi connectivity index (χ1v) is 8.35. The first kappa shape index (κ1) is 19.4. The third kappa shape index (κ3) is 6.20. The van der Waals surface area contributed by atoms with E-state index in [-0.39, 0.29) is 30.7 Å². The fourth-order valence-corrected chi connectivity index (χ4v) is 2.51. The zero-order chi connectivity index (χ0) is 19.1. The number of aliphatic carboxylic acids is 1. The zero-order valence-corrected chi connectivity index (χ0v) is 14.7. The van der Waals surface area contributed by atoms with Crippen LogP contribution in [0.15, 0.2) is 48.5 Å². The average molecular weight is 359 g/mol. The van der Waals surface area contributed by atoms with Crippen molar-refractivity contribution >= 4 is 11.9 Å². The highest BCUT2D eigenvalue weighted by Crippen LogP contribution is 2.21. The smallest absolute Gasteiger partial charge is 0.305 e. The van der Waals surface area contributed by atoms with Crippen LogP contribution in [0.4, 0.5) is 4.39 Å². The van der Waals surface area contributed by atoms with E-state index in [9.17, 15) is 14.0 Å². The summed E-state index contributed by atoms with van der Waals surface area (Å²) in [4.78, 5) is 23.4. The van der Waals surface area contributed by atoms with Gasteiger partial charge in [0.05, 0.1) is 25.0 Å². The highest BCUT2D eigenvalue weighted by molar-refractivity contribution is 5.80. The SMILES string of the molecule is CC(C)Oc1ccc([C@H](CC(=O)O)NC(=O)Cc2ccc(F)cc2)cc1. The molecule has 0 aliphatic rings. The molecule has 2 N–H and O–H groups in total. The molecule has 0 saturated heterocycles. The van der Waals surface area contributed by atoms with E-state index in [0.717, 1.165) is 0 Å². The predicted octanol–water partition coefficient (Wildman–Crippen LogP) is 3.49. The molecule has 0 bridgehead atoms. The molecule has 0 radical (unpaired) electrons. The number of hydrogen-bond donors (Lipinski definition) is 2. The summed E-state index contributed by atoms with van der Waals surface area (Å²) in [6.07, 6.45) is -0.157. The van der Waals surface area contributed by atoms with Crippen LogP contribution in [0.2, 0.25) is 0 Å². The Morgan fingerprint density at radius 3 is 2.23 bits per heavy atom. The summed E-state index contributed by atoms with van der Waals surface area (Å²) in [6.45, 7) is 3.83. The molecule has 1 atom stereocenters. The van der Waals surface area contributed by atoms with Crippen LogP contribution in [-0.2, 0) is 16.0 Å². The Kier molecular flexibility index (Phi) is 6.72. The standard InChI is InChI=1S/C20H22FNO4/c1-13(2)26-17-9-5-15(6-10-17)18(12-20(24)25)22-19(23)11-14-3-7-16(21)8-4-14/h3-10,13,18H,11-12H2,1-2H3,(H,22,23)(H,24,25)/t18-/m0/s1. The second kappa shape index (κ2) is 8.99. The number of carboxylic acids is 1. The van der Waals surface area contributed by atoms with Gasteiger partial charge in [0.1, 0.15) is 11.6 Å². The molecular formula is C20H22FNO4. The number of carboxylic acid groups (broad SMARTS) is 1. The van der Waals surface area contributed by atoms with Crippen molar-refractivity contribution in [2.45, 2.75) is 38.8 Å². The van der Waals surface area contributed by atoms with E-state index in [1.54, 1.807) is 24.3 Å². The summed E-state index contributed by atoms with van der Waals surface area (Å²) in [6, 6.07) is 11.9. The number of nitrogens with one attached hydrogen (secondary N) is 1. The van der Waals surface area contributed by atoms with Crippen LogP contribution in [0.3, 0.4) is 0 Å². The van der Waals surface area contributed by atoms with E-state index in [4.69, 9.17) is 9.84 Å². The van der Waals surface area contributed by atoms with Gasteiger partial charge in [-0.2, -0.15) is 0 Å². The molecule has 0 unspecified atom stereocenters. The van der Waals surface area contributed by atoms with Gasteiger partial charge in [-0.25, -0.2) is 4.39 Å². The van der Waals surface area contributed by atoms with Crippen molar-refractivity contribution in [1.29, 1.82) is 0 Å². The summed E-state index contributed by atoms with van der Waals surface area (Å²) in [5.41, 5.74) is 1.33.